The van der Waals surface area contributed by atoms with Crippen LogP contribution in [0.15, 0.2) is 24.3 Å². The molecule has 1 aliphatic rings. The zero-order valence-electron chi connectivity index (χ0n) is 11.4. The Morgan fingerprint density at radius 1 is 1.37 bits per heavy atom. The number of aryl methyl sites for hydroxylation is 1. The normalized spacial score (nSPS) is 20.4. The molecule has 0 spiro atoms. The van der Waals surface area contributed by atoms with Crippen LogP contribution in [0.25, 0.3) is 11.0 Å². The molecule has 0 radical (unpaired) electrons. The number of hydrogen-bond donors (Lipinski definition) is 1. The lowest BCUT2D eigenvalue weighted by molar-refractivity contribution is 0.173. The van der Waals surface area contributed by atoms with E-state index in [0.29, 0.717) is 0 Å². The van der Waals surface area contributed by atoms with Gasteiger partial charge in [-0.3, -0.25) is 4.90 Å². The number of β-amino-alcohol motifs (C(OH)–C–C–N with tert-alkyl or cyclic N) is 1. The van der Waals surface area contributed by atoms with Crippen molar-refractivity contribution in [3.05, 3.63) is 30.1 Å². The van der Waals surface area contributed by atoms with Gasteiger partial charge in [0.05, 0.1) is 23.7 Å². The highest BCUT2D eigenvalue weighted by atomic mass is 16.3. The Labute approximate surface area is 113 Å². The molecule has 4 nitrogen and oxygen atoms in total. The maximum Gasteiger partial charge on any atom is 0.124 e. The van der Waals surface area contributed by atoms with E-state index in [1.54, 1.807) is 0 Å². The molecule has 2 heterocycles. The van der Waals surface area contributed by atoms with Gasteiger partial charge in [-0.25, -0.2) is 4.98 Å². The van der Waals surface area contributed by atoms with Gasteiger partial charge in [0, 0.05) is 19.6 Å². The van der Waals surface area contributed by atoms with Crippen molar-refractivity contribution in [2.75, 3.05) is 13.1 Å². The summed E-state index contributed by atoms with van der Waals surface area (Å²) in [4.78, 5) is 7.05. The molecule has 1 fully saturated rings. The smallest absolute Gasteiger partial charge is 0.124 e. The third-order valence-electron chi connectivity index (χ3n) is 3.79. The molecule has 1 saturated heterocycles. The monoisotopic (exact) mass is 259 g/mol. The summed E-state index contributed by atoms with van der Waals surface area (Å²) in [5.41, 5.74) is 2.30. The number of aliphatic hydroxyl groups excluding tert-OH is 1. The van der Waals surface area contributed by atoms with Crippen LogP contribution >= 0.6 is 0 Å². The van der Waals surface area contributed by atoms with Crippen LogP contribution in [0.4, 0.5) is 0 Å². The third kappa shape index (κ3) is 2.51. The van der Waals surface area contributed by atoms with E-state index in [2.05, 4.69) is 34.6 Å². The maximum absolute atomic E-state index is 9.62. The van der Waals surface area contributed by atoms with E-state index >= 15 is 0 Å². The Bertz CT molecular complexity index is 564. The summed E-state index contributed by atoms with van der Waals surface area (Å²) in [6.07, 6.45) is 1.83. The summed E-state index contributed by atoms with van der Waals surface area (Å²) >= 11 is 0. The maximum atomic E-state index is 9.62. The molecule has 0 aliphatic carbocycles. The molecular formula is C15H21N3O. The fraction of sp³-hybridized carbons (Fsp3) is 0.533. The van der Waals surface area contributed by atoms with Crippen molar-refractivity contribution in [1.29, 1.82) is 0 Å². The first-order chi connectivity index (χ1) is 9.28. The topological polar surface area (TPSA) is 41.3 Å². The molecule has 2 aromatic rings. The van der Waals surface area contributed by atoms with Gasteiger partial charge in [0.25, 0.3) is 0 Å². The molecule has 4 heteroatoms. The van der Waals surface area contributed by atoms with Gasteiger partial charge in [0.1, 0.15) is 5.82 Å². The summed E-state index contributed by atoms with van der Waals surface area (Å²) in [6.45, 7) is 5.78. The summed E-state index contributed by atoms with van der Waals surface area (Å²) < 4.78 is 2.32. The lowest BCUT2D eigenvalue weighted by atomic mass is 10.3. The predicted octanol–water partition coefficient (Wildman–Crippen LogP) is 2.01. The van der Waals surface area contributed by atoms with E-state index in [0.717, 1.165) is 50.4 Å². The van der Waals surface area contributed by atoms with E-state index < -0.39 is 0 Å². The first kappa shape index (κ1) is 12.6. The van der Waals surface area contributed by atoms with Crippen molar-refractivity contribution in [2.45, 2.75) is 39.0 Å². The first-order valence-electron chi connectivity index (χ1n) is 7.12. The molecule has 0 bridgehead atoms. The summed E-state index contributed by atoms with van der Waals surface area (Å²) in [5.74, 6) is 1.12. The summed E-state index contributed by atoms with van der Waals surface area (Å²) in [5, 5.41) is 9.62. The minimum atomic E-state index is -0.163. The number of benzene rings is 1. The van der Waals surface area contributed by atoms with Gasteiger partial charge in [-0.1, -0.05) is 19.1 Å². The van der Waals surface area contributed by atoms with Crippen molar-refractivity contribution in [3.8, 4) is 0 Å². The van der Waals surface area contributed by atoms with Gasteiger partial charge in [-0.2, -0.15) is 0 Å². The summed E-state index contributed by atoms with van der Waals surface area (Å²) in [7, 11) is 0. The van der Waals surface area contributed by atoms with Gasteiger partial charge in [-0.15, -0.1) is 0 Å². The number of fused-ring (bicyclic) bond motifs is 1. The van der Waals surface area contributed by atoms with Gasteiger partial charge in [0.2, 0.25) is 0 Å². The fourth-order valence-corrected chi connectivity index (χ4v) is 2.88. The second kappa shape index (κ2) is 5.31. The highest BCUT2D eigenvalue weighted by molar-refractivity contribution is 5.75. The zero-order chi connectivity index (χ0) is 13.2. The molecule has 1 aromatic carbocycles. The molecule has 0 saturated carbocycles. The molecule has 0 amide bonds. The van der Waals surface area contributed by atoms with E-state index in [4.69, 9.17) is 4.98 Å². The Hall–Kier alpha value is -1.39. The van der Waals surface area contributed by atoms with E-state index in [9.17, 15) is 5.11 Å². The number of imidazole rings is 1. The molecule has 1 atom stereocenters. The Morgan fingerprint density at radius 2 is 2.21 bits per heavy atom. The highest BCUT2D eigenvalue weighted by Crippen LogP contribution is 2.19. The van der Waals surface area contributed by atoms with Crippen molar-refractivity contribution < 1.29 is 5.11 Å². The second-order valence-electron chi connectivity index (χ2n) is 5.35. The SMILES string of the molecule is CCCn1c(CN2CC[C@@H](O)C2)nc2ccccc21. The van der Waals surface area contributed by atoms with E-state index in [-0.39, 0.29) is 6.10 Å². The fourth-order valence-electron chi connectivity index (χ4n) is 2.88. The number of aliphatic hydroxyl groups is 1. The van der Waals surface area contributed by atoms with E-state index in [1.807, 2.05) is 6.07 Å². The first-order valence-corrected chi connectivity index (χ1v) is 7.12. The van der Waals surface area contributed by atoms with Crippen molar-refractivity contribution in [3.63, 3.8) is 0 Å². The largest absolute Gasteiger partial charge is 0.392 e. The minimum Gasteiger partial charge on any atom is -0.392 e. The summed E-state index contributed by atoms with van der Waals surface area (Å²) in [6, 6.07) is 8.32. The van der Waals surface area contributed by atoms with Crippen LogP contribution in [0.3, 0.4) is 0 Å². The lowest BCUT2D eigenvalue weighted by Gasteiger charge is -2.15. The quantitative estimate of drug-likeness (QED) is 0.913. The number of nitrogens with zero attached hydrogens (tertiary/aromatic N) is 3. The number of para-hydroxylation sites is 2. The Balaban J connectivity index is 1.90. The number of likely N-dealkylation sites (tertiary alicyclic amines) is 1. The molecule has 3 rings (SSSR count). The standard InChI is InChI=1S/C15H21N3O/c1-2-8-18-14-6-4-3-5-13(14)16-15(18)11-17-9-7-12(19)10-17/h3-6,12,19H,2,7-11H2,1H3/t12-/m1/s1. The van der Waals surface area contributed by atoms with Gasteiger partial charge in [-0.05, 0) is 25.0 Å². The number of rotatable bonds is 4. The van der Waals surface area contributed by atoms with Gasteiger partial charge < -0.3 is 9.67 Å². The number of aromatic nitrogens is 2. The molecule has 19 heavy (non-hydrogen) atoms. The molecule has 0 unspecified atom stereocenters. The van der Waals surface area contributed by atoms with Crippen LogP contribution in [0.5, 0.6) is 0 Å². The molecule has 1 aromatic heterocycles. The molecule has 1 N–H and O–H groups in total. The Morgan fingerprint density at radius 3 is 2.95 bits per heavy atom. The van der Waals surface area contributed by atoms with Crippen LogP contribution in [-0.4, -0.2) is 38.8 Å². The Kier molecular flexibility index (Phi) is 3.53. The average Bonchev–Trinajstić information content (AvgIpc) is 2.96. The predicted molar refractivity (Wildman–Crippen MR) is 75.9 cm³/mol. The second-order valence-corrected chi connectivity index (χ2v) is 5.35. The van der Waals surface area contributed by atoms with Gasteiger partial charge in [0.15, 0.2) is 0 Å². The molecular weight excluding hydrogens is 238 g/mol. The molecule has 102 valence electrons. The molecule has 1 aliphatic heterocycles. The van der Waals surface area contributed by atoms with Crippen LogP contribution in [0.2, 0.25) is 0 Å². The van der Waals surface area contributed by atoms with Crippen LogP contribution in [-0.2, 0) is 13.1 Å². The third-order valence-corrected chi connectivity index (χ3v) is 3.79. The van der Waals surface area contributed by atoms with Crippen molar-refractivity contribution in [2.24, 2.45) is 0 Å². The minimum absolute atomic E-state index is 0.163. The van der Waals surface area contributed by atoms with Gasteiger partial charge >= 0.3 is 0 Å². The number of hydrogen-bond acceptors (Lipinski definition) is 3. The van der Waals surface area contributed by atoms with Crippen molar-refractivity contribution in [1.82, 2.24) is 14.5 Å². The van der Waals surface area contributed by atoms with Crippen LogP contribution in [0, 0.1) is 0 Å². The lowest BCUT2D eigenvalue weighted by Crippen LogP contribution is -2.23. The van der Waals surface area contributed by atoms with Crippen LogP contribution < -0.4 is 0 Å². The zero-order valence-corrected chi connectivity index (χ0v) is 11.4. The van der Waals surface area contributed by atoms with Crippen molar-refractivity contribution >= 4 is 11.0 Å². The van der Waals surface area contributed by atoms with E-state index in [1.165, 1.54) is 5.52 Å². The highest BCUT2D eigenvalue weighted by Gasteiger charge is 2.22. The van der Waals surface area contributed by atoms with Crippen LogP contribution in [0.1, 0.15) is 25.6 Å². The average molecular weight is 259 g/mol.